The molecule has 1 aromatic carbocycles. The fourth-order valence-corrected chi connectivity index (χ4v) is 1.44. The lowest BCUT2D eigenvalue weighted by atomic mass is 9.99. The zero-order chi connectivity index (χ0) is 10.1. The smallest absolute Gasteiger partial charge is 0.109 e. The Labute approximate surface area is 93.4 Å². The van der Waals surface area contributed by atoms with Crippen molar-refractivity contribution in [1.82, 2.24) is 0 Å². The Morgan fingerprint density at radius 2 is 1.77 bits per heavy atom. The Bertz CT molecular complexity index is 201. The molecule has 0 saturated heterocycles. The van der Waals surface area contributed by atoms with Gasteiger partial charge < -0.3 is 0 Å². The van der Waals surface area contributed by atoms with Crippen molar-refractivity contribution in [2.45, 2.75) is 19.3 Å². The normalized spacial score (nSPS) is 11.6. The molecule has 0 amide bonds. The molecule has 1 unspecified atom stereocenters. The topological polar surface area (TPSA) is 0 Å². The Morgan fingerprint density at radius 1 is 1.23 bits per heavy atom. The molecular formula is C10H16Cl2Si. The summed E-state index contributed by atoms with van der Waals surface area (Å²) in [6.45, 7) is 2.21. The van der Waals surface area contributed by atoms with Crippen molar-refractivity contribution < 1.29 is 0 Å². The first kappa shape index (κ1) is 13.0. The average molecular weight is 235 g/mol. The minimum absolute atomic E-state index is 0.591. The Kier molecular flexibility index (Phi) is 8.62. The average Bonchev–Trinajstić information content (AvgIpc) is 2.23. The summed E-state index contributed by atoms with van der Waals surface area (Å²) in [5.41, 5.74) is 1.38. The largest absolute Gasteiger partial charge is 0.181 e. The van der Waals surface area contributed by atoms with E-state index in [0.717, 1.165) is 21.9 Å². The highest BCUT2D eigenvalue weighted by molar-refractivity contribution is 6.80. The molecule has 0 nitrogen and oxygen atoms in total. The van der Waals surface area contributed by atoms with Crippen LogP contribution in [0, 0.1) is 0 Å². The fourth-order valence-electron chi connectivity index (χ4n) is 1.11. The van der Waals surface area contributed by atoms with Gasteiger partial charge in [-0.25, -0.2) is 0 Å². The van der Waals surface area contributed by atoms with Crippen LogP contribution in [0.4, 0.5) is 0 Å². The molecule has 0 radical (unpaired) electrons. The maximum absolute atomic E-state index is 5.65. The van der Waals surface area contributed by atoms with Gasteiger partial charge in [-0.05, 0) is 17.9 Å². The molecule has 13 heavy (non-hydrogen) atoms. The Morgan fingerprint density at radius 3 is 2.23 bits per heavy atom. The summed E-state index contributed by atoms with van der Waals surface area (Å²) in [5, 5.41) is 0. The zero-order valence-corrected chi connectivity index (χ0v) is 11.6. The maximum Gasteiger partial charge on any atom is 0.109 e. The summed E-state index contributed by atoms with van der Waals surface area (Å²) in [4.78, 5) is 0. The van der Waals surface area contributed by atoms with Crippen LogP contribution >= 0.6 is 22.7 Å². The second-order valence-corrected chi connectivity index (χ2v) is 3.17. The summed E-state index contributed by atoms with van der Waals surface area (Å²) >= 11 is 10.4. The van der Waals surface area contributed by atoms with Crippen molar-refractivity contribution >= 4 is 32.2 Å². The molecule has 0 aliphatic rings. The van der Waals surface area contributed by atoms with Gasteiger partial charge >= 0.3 is 0 Å². The van der Waals surface area contributed by atoms with E-state index in [2.05, 4.69) is 31.2 Å². The fraction of sp³-hybridized carbons (Fsp3) is 0.400. The first-order chi connectivity index (χ1) is 6.34. The first-order valence-corrected chi connectivity index (χ1v) is 7.89. The van der Waals surface area contributed by atoms with Crippen molar-refractivity contribution in [2.75, 3.05) is 5.88 Å². The number of rotatable bonds is 3. The lowest BCUT2D eigenvalue weighted by Gasteiger charge is -2.08. The van der Waals surface area contributed by atoms with E-state index >= 15 is 0 Å². The standard InChI is InChI=1S/C10H13Cl.ClH3Si/c1-9(7-8-11)10-5-3-2-4-6-10;1-2/h2-6,9H,7-8H2,1H3;2H3. The second kappa shape index (κ2) is 8.61. The second-order valence-electron chi connectivity index (χ2n) is 2.79. The van der Waals surface area contributed by atoms with E-state index < -0.39 is 0 Å². The van der Waals surface area contributed by atoms with E-state index in [4.69, 9.17) is 22.7 Å². The number of hydrogen-bond donors (Lipinski definition) is 0. The zero-order valence-electron chi connectivity index (χ0n) is 8.13. The lowest BCUT2D eigenvalue weighted by molar-refractivity contribution is 0.738. The molecule has 0 heterocycles. The highest BCUT2D eigenvalue weighted by Gasteiger charge is 2.01. The van der Waals surface area contributed by atoms with Crippen molar-refractivity contribution in [3.05, 3.63) is 35.9 Å². The number of hydrogen-bond acceptors (Lipinski definition) is 0. The van der Waals surface area contributed by atoms with Gasteiger partial charge in [-0.3, -0.25) is 0 Å². The molecule has 74 valence electrons. The summed E-state index contributed by atoms with van der Waals surface area (Å²) < 4.78 is 0. The van der Waals surface area contributed by atoms with Crippen LogP contribution in [0.1, 0.15) is 24.8 Å². The van der Waals surface area contributed by atoms with Crippen LogP contribution in [0.25, 0.3) is 0 Å². The SMILES string of the molecule is CC(CCCl)c1ccccc1.[SiH3]Cl. The molecule has 0 aromatic heterocycles. The van der Waals surface area contributed by atoms with Gasteiger partial charge in [0.15, 0.2) is 0 Å². The Balaban J connectivity index is 0.000000671. The van der Waals surface area contributed by atoms with Crippen molar-refractivity contribution in [1.29, 1.82) is 0 Å². The number of alkyl halides is 1. The minimum Gasteiger partial charge on any atom is -0.181 e. The highest BCUT2D eigenvalue weighted by Crippen LogP contribution is 2.18. The van der Waals surface area contributed by atoms with Gasteiger partial charge in [-0.15, -0.1) is 11.6 Å². The highest BCUT2D eigenvalue weighted by atomic mass is 35.6. The molecular weight excluding hydrogens is 219 g/mol. The molecule has 1 atom stereocenters. The maximum atomic E-state index is 5.65. The van der Waals surface area contributed by atoms with Crippen molar-refractivity contribution in [3.63, 3.8) is 0 Å². The van der Waals surface area contributed by atoms with Crippen molar-refractivity contribution in [2.24, 2.45) is 0 Å². The van der Waals surface area contributed by atoms with Crippen LogP contribution in [0.2, 0.25) is 0 Å². The van der Waals surface area contributed by atoms with E-state index in [-0.39, 0.29) is 0 Å². The van der Waals surface area contributed by atoms with Crippen molar-refractivity contribution in [3.8, 4) is 0 Å². The van der Waals surface area contributed by atoms with Crippen LogP contribution in [0.3, 0.4) is 0 Å². The predicted octanol–water partition coefficient (Wildman–Crippen LogP) is 2.92. The van der Waals surface area contributed by atoms with E-state index in [1.165, 1.54) is 5.56 Å². The molecule has 0 N–H and O–H groups in total. The molecule has 0 aliphatic carbocycles. The molecule has 1 rings (SSSR count). The van der Waals surface area contributed by atoms with Gasteiger partial charge in [-0.2, -0.15) is 11.1 Å². The van der Waals surface area contributed by atoms with Crippen LogP contribution in [0.15, 0.2) is 30.3 Å². The third kappa shape index (κ3) is 5.35. The predicted molar refractivity (Wildman–Crippen MR) is 66.0 cm³/mol. The van der Waals surface area contributed by atoms with E-state index in [0.29, 0.717) is 5.92 Å². The van der Waals surface area contributed by atoms with Gasteiger partial charge in [0.1, 0.15) is 9.55 Å². The van der Waals surface area contributed by atoms with Crippen LogP contribution in [-0.2, 0) is 0 Å². The van der Waals surface area contributed by atoms with E-state index in [1.807, 2.05) is 6.07 Å². The monoisotopic (exact) mass is 234 g/mol. The van der Waals surface area contributed by atoms with E-state index in [9.17, 15) is 0 Å². The van der Waals surface area contributed by atoms with Crippen LogP contribution in [0.5, 0.6) is 0 Å². The van der Waals surface area contributed by atoms with Crippen LogP contribution in [-0.4, -0.2) is 15.4 Å². The van der Waals surface area contributed by atoms with E-state index in [1.54, 1.807) is 0 Å². The summed E-state index contributed by atoms with van der Waals surface area (Å²) in [5.74, 6) is 1.34. The molecule has 0 spiro atoms. The Hall–Kier alpha value is 0.0169. The quantitative estimate of drug-likeness (QED) is 0.429. The molecule has 0 saturated carbocycles. The van der Waals surface area contributed by atoms with Gasteiger partial charge in [-0.1, -0.05) is 37.3 Å². The van der Waals surface area contributed by atoms with Crippen LogP contribution < -0.4 is 0 Å². The van der Waals surface area contributed by atoms with Gasteiger partial charge in [0.2, 0.25) is 0 Å². The first-order valence-electron chi connectivity index (χ1n) is 4.33. The summed E-state index contributed by atoms with van der Waals surface area (Å²) in [6, 6.07) is 10.5. The molecule has 1 aromatic rings. The van der Waals surface area contributed by atoms with Gasteiger partial charge in [0.05, 0.1) is 0 Å². The molecule has 3 heteroatoms. The molecule has 0 fully saturated rings. The number of benzene rings is 1. The molecule has 0 aliphatic heterocycles. The third-order valence-corrected chi connectivity index (χ3v) is 2.13. The summed E-state index contributed by atoms with van der Waals surface area (Å²) in [7, 11) is 0.778. The minimum atomic E-state index is 0.591. The number of halogens is 2. The van der Waals surface area contributed by atoms with Gasteiger partial charge in [0.25, 0.3) is 0 Å². The summed E-state index contributed by atoms with van der Waals surface area (Å²) in [6.07, 6.45) is 1.06. The van der Waals surface area contributed by atoms with Gasteiger partial charge in [0, 0.05) is 5.88 Å². The third-order valence-electron chi connectivity index (χ3n) is 1.91. The molecule has 0 bridgehead atoms. The lowest BCUT2D eigenvalue weighted by Crippen LogP contribution is -1.92.